The van der Waals surface area contributed by atoms with Gasteiger partial charge in [-0.15, -0.1) is 0 Å². The number of rotatable bonds is 1. The molecule has 0 unspecified atom stereocenters. The van der Waals surface area contributed by atoms with Crippen molar-refractivity contribution in [3.05, 3.63) is 57.8 Å². The van der Waals surface area contributed by atoms with Gasteiger partial charge >= 0.3 is 0 Å². The molecule has 0 amide bonds. The zero-order chi connectivity index (χ0) is 17.3. The second-order valence-electron chi connectivity index (χ2n) is 5.76. The zero-order valence-electron chi connectivity index (χ0n) is 12.7. The fourth-order valence-electron chi connectivity index (χ4n) is 3.53. The molecule has 1 aromatic carbocycles. The molecule has 3 rings (SSSR count). The van der Waals surface area contributed by atoms with Crippen LogP contribution in [0.5, 0.6) is 0 Å². The van der Waals surface area contributed by atoms with Crippen molar-refractivity contribution in [1.29, 1.82) is 15.8 Å². The number of hydrogen-bond acceptors (Lipinski definition) is 5. The van der Waals surface area contributed by atoms with E-state index in [0.29, 0.717) is 5.02 Å². The maximum atomic E-state index is 9.85. The Kier molecular flexibility index (Phi) is 4.29. The molecule has 0 spiro atoms. The van der Waals surface area contributed by atoms with Crippen LogP contribution in [0.2, 0.25) is 5.02 Å². The predicted octanol–water partition coefficient (Wildman–Crippen LogP) is 3.50. The summed E-state index contributed by atoms with van der Waals surface area (Å²) in [6.07, 6.45) is 1.99. The Bertz CT molecular complexity index is 850. The number of nitriles is 3. The van der Waals surface area contributed by atoms with Crippen LogP contribution in [0.4, 0.5) is 0 Å². The van der Waals surface area contributed by atoms with Gasteiger partial charge in [0.25, 0.3) is 0 Å². The molecule has 2 N–H and O–H groups in total. The molecule has 0 saturated heterocycles. The van der Waals surface area contributed by atoms with Crippen LogP contribution < -0.4 is 5.73 Å². The van der Waals surface area contributed by atoms with Gasteiger partial charge < -0.3 is 5.73 Å². The van der Waals surface area contributed by atoms with Gasteiger partial charge in [0.1, 0.15) is 6.07 Å². The molecule has 4 nitrogen and oxygen atoms in total. The molecule has 0 saturated carbocycles. The highest BCUT2D eigenvalue weighted by atomic mass is 35.5. The minimum atomic E-state index is -1.56. The summed E-state index contributed by atoms with van der Waals surface area (Å²) in [5.41, 5.74) is 6.67. The molecule has 0 fully saturated rings. The summed E-state index contributed by atoms with van der Waals surface area (Å²) in [5.74, 6) is 0.999. The maximum absolute atomic E-state index is 9.85. The lowest BCUT2D eigenvalue weighted by atomic mass is 9.59. The number of halogens is 1. The summed E-state index contributed by atoms with van der Waals surface area (Å²) >= 11 is 7.70. The molecule has 118 valence electrons. The largest absolute Gasteiger partial charge is 0.399 e. The SMILES string of the molecule is N#CC1=C(N)C(C#N)(C#N)[C@@H](c2ccc(Cl)cc2)[C@H]2CSCC=C12. The summed E-state index contributed by atoms with van der Waals surface area (Å²) in [7, 11) is 0. The van der Waals surface area contributed by atoms with E-state index in [1.165, 1.54) is 0 Å². The maximum Gasteiger partial charge on any atom is 0.191 e. The molecule has 1 aliphatic carbocycles. The van der Waals surface area contributed by atoms with Gasteiger partial charge in [0, 0.05) is 28.4 Å². The second-order valence-corrected chi connectivity index (χ2v) is 7.28. The Morgan fingerprint density at radius 2 is 1.83 bits per heavy atom. The van der Waals surface area contributed by atoms with Crippen molar-refractivity contribution in [2.45, 2.75) is 5.92 Å². The van der Waals surface area contributed by atoms with Crippen molar-refractivity contribution < 1.29 is 0 Å². The highest BCUT2D eigenvalue weighted by Gasteiger charge is 2.53. The second kappa shape index (κ2) is 6.25. The molecular weight excluding hydrogens is 340 g/mol. The average molecular weight is 353 g/mol. The molecular formula is C18H13ClN4S. The minimum Gasteiger partial charge on any atom is -0.399 e. The van der Waals surface area contributed by atoms with E-state index in [1.807, 2.05) is 18.2 Å². The number of benzene rings is 1. The van der Waals surface area contributed by atoms with E-state index >= 15 is 0 Å². The average Bonchev–Trinajstić information content (AvgIpc) is 2.62. The molecule has 1 aliphatic heterocycles. The van der Waals surface area contributed by atoms with Gasteiger partial charge in [-0.05, 0) is 23.3 Å². The van der Waals surface area contributed by atoms with Crippen molar-refractivity contribution in [1.82, 2.24) is 0 Å². The van der Waals surface area contributed by atoms with Crippen molar-refractivity contribution in [2.24, 2.45) is 17.1 Å². The van der Waals surface area contributed by atoms with E-state index in [-0.39, 0.29) is 17.2 Å². The number of nitrogens with two attached hydrogens (primary N) is 1. The van der Waals surface area contributed by atoms with Gasteiger partial charge in [0.05, 0.1) is 23.4 Å². The molecule has 24 heavy (non-hydrogen) atoms. The number of hydrogen-bond donors (Lipinski definition) is 1. The molecule has 1 aromatic rings. The van der Waals surface area contributed by atoms with E-state index in [0.717, 1.165) is 22.6 Å². The first kappa shape index (κ1) is 16.5. The topological polar surface area (TPSA) is 97.4 Å². The third-order valence-electron chi connectivity index (χ3n) is 4.66. The Morgan fingerprint density at radius 1 is 1.17 bits per heavy atom. The molecule has 6 heteroatoms. The van der Waals surface area contributed by atoms with Crippen LogP contribution in [0.1, 0.15) is 11.5 Å². The van der Waals surface area contributed by atoms with Crippen molar-refractivity contribution in [3.8, 4) is 18.2 Å². The first-order valence-corrected chi connectivity index (χ1v) is 8.88. The van der Waals surface area contributed by atoms with Gasteiger partial charge in [-0.25, -0.2) is 0 Å². The monoisotopic (exact) mass is 352 g/mol. The molecule has 1 heterocycles. The van der Waals surface area contributed by atoms with Crippen LogP contribution in [0.25, 0.3) is 0 Å². The molecule has 0 bridgehead atoms. The van der Waals surface area contributed by atoms with Crippen LogP contribution in [0.15, 0.2) is 47.2 Å². The van der Waals surface area contributed by atoms with Gasteiger partial charge in [0.15, 0.2) is 5.41 Å². The number of nitrogens with zero attached hydrogens (tertiary/aromatic N) is 3. The smallest absolute Gasteiger partial charge is 0.191 e. The summed E-state index contributed by atoms with van der Waals surface area (Å²) < 4.78 is 0. The summed E-state index contributed by atoms with van der Waals surface area (Å²) in [6, 6.07) is 13.5. The van der Waals surface area contributed by atoms with Crippen LogP contribution in [0.3, 0.4) is 0 Å². The zero-order valence-corrected chi connectivity index (χ0v) is 14.2. The van der Waals surface area contributed by atoms with Crippen molar-refractivity contribution >= 4 is 23.4 Å². The Labute approximate surface area is 149 Å². The lowest BCUT2D eigenvalue weighted by Gasteiger charge is -2.43. The minimum absolute atomic E-state index is 0.0596. The number of allylic oxidation sites excluding steroid dienone is 3. The van der Waals surface area contributed by atoms with E-state index in [9.17, 15) is 15.8 Å². The van der Waals surface area contributed by atoms with Crippen LogP contribution in [-0.4, -0.2) is 11.5 Å². The third-order valence-corrected chi connectivity index (χ3v) is 5.91. The quantitative estimate of drug-likeness (QED) is 0.834. The Balaban J connectivity index is 2.31. The lowest BCUT2D eigenvalue weighted by Crippen LogP contribution is -2.43. The van der Waals surface area contributed by atoms with Gasteiger partial charge in [-0.1, -0.05) is 29.8 Å². The summed E-state index contributed by atoms with van der Waals surface area (Å²) in [4.78, 5) is 0. The number of thioether (sulfide) groups is 1. The highest BCUT2D eigenvalue weighted by molar-refractivity contribution is 7.99. The van der Waals surface area contributed by atoms with Crippen molar-refractivity contribution in [3.63, 3.8) is 0 Å². The Hall–Kier alpha value is -2.39. The first-order chi connectivity index (χ1) is 11.6. The van der Waals surface area contributed by atoms with Crippen LogP contribution in [0, 0.1) is 45.3 Å². The van der Waals surface area contributed by atoms with Crippen LogP contribution in [-0.2, 0) is 0 Å². The highest BCUT2D eigenvalue weighted by Crippen LogP contribution is 2.54. The Morgan fingerprint density at radius 3 is 2.42 bits per heavy atom. The molecule has 2 aliphatic rings. The predicted molar refractivity (Wildman–Crippen MR) is 93.6 cm³/mol. The standard InChI is InChI=1S/C18H13ClN4S/c19-12-3-1-11(2-4-12)16-15-8-24-6-5-13(15)14(7-20)17(23)18(16,9-21)10-22/h1-5,15-16H,6,8,23H2/t15-,16-/m0/s1. The normalized spacial score (nSPS) is 24.8. The molecule has 2 atom stereocenters. The van der Waals surface area contributed by atoms with E-state index < -0.39 is 11.3 Å². The van der Waals surface area contributed by atoms with Gasteiger partial charge in [0.2, 0.25) is 0 Å². The fourth-order valence-corrected chi connectivity index (χ4v) is 4.72. The van der Waals surface area contributed by atoms with E-state index in [4.69, 9.17) is 17.3 Å². The van der Waals surface area contributed by atoms with Gasteiger partial charge in [-0.2, -0.15) is 27.5 Å². The summed E-state index contributed by atoms with van der Waals surface area (Å²) in [6.45, 7) is 0. The molecule has 0 aromatic heterocycles. The van der Waals surface area contributed by atoms with E-state index in [2.05, 4.69) is 18.2 Å². The van der Waals surface area contributed by atoms with Crippen LogP contribution >= 0.6 is 23.4 Å². The van der Waals surface area contributed by atoms with Crippen molar-refractivity contribution in [2.75, 3.05) is 11.5 Å². The lowest BCUT2D eigenvalue weighted by molar-refractivity contribution is 0.368. The van der Waals surface area contributed by atoms with E-state index in [1.54, 1.807) is 23.9 Å². The first-order valence-electron chi connectivity index (χ1n) is 7.35. The third kappa shape index (κ3) is 2.28. The fraction of sp³-hybridized carbons (Fsp3) is 0.278. The molecule has 0 radical (unpaired) electrons. The number of fused-ring (bicyclic) bond motifs is 1. The van der Waals surface area contributed by atoms with Gasteiger partial charge in [-0.3, -0.25) is 0 Å². The summed E-state index contributed by atoms with van der Waals surface area (Å²) in [5, 5.41) is 29.8.